The molecule has 8 heteroatoms. The summed E-state index contributed by atoms with van der Waals surface area (Å²) >= 11 is 1.30. The minimum absolute atomic E-state index is 0.210. The Balaban J connectivity index is 1.59. The number of anilines is 1. The van der Waals surface area contributed by atoms with Gasteiger partial charge in [-0.15, -0.1) is 0 Å². The van der Waals surface area contributed by atoms with E-state index in [1.54, 1.807) is 4.57 Å². The minimum Gasteiger partial charge on any atom is -0.490 e. The predicted octanol–water partition coefficient (Wildman–Crippen LogP) is 5.31. The van der Waals surface area contributed by atoms with Gasteiger partial charge < -0.3 is 14.8 Å². The summed E-state index contributed by atoms with van der Waals surface area (Å²) in [6.07, 6.45) is 1.84. The summed E-state index contributed by atoms with van der Waals surface area (Å²) < 4.78 is 13.9. The van der Waals surface area contributed by atoms with E-state index in [1.807, 2.05) is 98.8 Å². The van der Waals surface area contributed by atoms with Crippen LogP contribution in [-0.2, 0) is 4.79 Å². The molecule has 1 amide bonds. The van der Waals surface area contributed by atoms with Crippen LogP contribution >= 0.6 is 11.3 Å². The second kappa shape index (κ2) is 12.4. The molecule has 3 aromatic carbocycles. The molecule has 1 N–H and O–H groups in total. The van der Waals surface area contributed by atoms with Crippen LogP contribution in [0.3, 0.4) is 0 Å². The Morgan fingerprint density at radius 2 is 1.73 bits per heavy atom. The smallest absolute Gasteiger partial charge is 0.271 e. The van der Waals surface area contributed by atoms with E-state index >= 15 is 0 Å². The van der Waals surface area contributed by atoms with E-state index in [1.165, 1.54) is 11.3 Å². The van der Waals surface area contributed by atoms with Gasteiger partial charge in [0.2, 0.25) is 0 Å². The number of para-hydroxylation sites is 1. The Hall–Kier alpha value is -4.43. The van der Waals surface area contributed by atoms with Crippen LogP contribution in [0.25, 0.3) is 6.08 Å². The third kappa shape index (κ3) is 6.18. The van der Waals surface area contributed by atoms with E-state index < -0.39 is 6.04 Å². The molecule has 2 heterocycles. The number of ether oxygens (including phenoxy) is 2. The molecule has 7 nitrogen and oxygen atoms in total. The number of hydrogen-bond acceptors (Lipinski definition) is 6. The molecule has 0 saturated heterocycles. The molecule has 0 aliphatic carbocycles. The molecule has 0 bridgehead atoms. The lowest BCUT2D eigenvalue weighted by molar-refractivity contribution is -0.113. The normalized spacial score (nSPS) is 15.0. The van der Waals surface area contributed by atoms with Crippen LogP contribution in [0.4, 0.5) is 5.69 Å². The number of carbonyl (C=O) groups excluding carboxylic acids is 1. The zero-order valence-electron chi connectivity index (χ0n) is 23.6. The Bertz CT molecular complexity index is 1760. The standard InChI is InChI=1S/C33H33N3O4S/c1-5-39-27-18-23(16-17-26(27)40-20-21(2)3)19-28-32(38)36-30(24-12-8-6-9-13-24)29(22(4)34-33(36)41-28)31(37)35-25-14-10-7-11-15-25/h6-19,21,30H,5,20H2,1-4H3,(H,35,37)/b28-19-/t30-/m0/s1. The molecular formula is C33H33N3O4S. The van der Waals surface area contributed by atoms with Crippen LogP contribution in [0.15, 0.2) is 99.9 Å². The van der Waals surface area contributed by atoms with Crippen LogP contribution in [0.1, 0.15) is 44.9 Å². The lowest BCUT2D eigenvalue weighted by Crippen LogP contribution is -2.40. The second-order valence-corrected chi connectivity index (χ2v) is 11.2. The van der Waals surface area contributed by atoms with Gasteiger partial charge in [0, 0.05) is 5.69 Å². The molecule has 1 aromatic heterocycles. The fourth-order valence-electron chi connectivity index (χ4n) is 4.69. The van der Waals surface area contributed by atoms with Gasteiger partial charge in [-0.05, 0) is 61.2 Å². The molecule has 0 radical (unpaired) electrons. The highest BCUT2D eigenvalue weighted by Gasteiger charge is 2.32. The lowest BCUT2D eigenvalue weighted by Gasteiger charge is -2.25. The number of aromatic nitrogens is 1. The molecule has 1 atom stereocenters. The first-order chi connectivity index (χ1) is 19.9. The Morgan fingerprint density at radius 1 is 1.02 bits per heavy atom. The highest BCUT2D eigenvalue weighted by molar-refractivity contribution is 7.07. The van der Waals surface area contributed by atoms with Crippen molar-refractivity contribution < 1.29 is 14.3 Å². The predicted molar refractivity (Wildman–Crippen MR) is 163 cm³/mol. The van der Waals surface area contributed by atoms with Crippen molar-refractivity contribution in [3.8, 4) is 11.5 Å². The van der Waals surface area contributed by atoms with Crippen molar-refractivity contribution in [2.75, 3.05) is 18.5 Å². The van der Waals surface area contributed by atoms with E-state index in [4.69, 9.17) is 14.5 Å². The summed E-state index contributed by atoms with van der Waals surface area (Å²) in [5, 5.41) is 2.98. The summed E-state index contributed by atoms with van der Waals surface area (Å²) in [6.45, 7) is 9.00. The van der Waals surface area contributed by atoms with Crippen LogP contribution in [0, 0.1) is 5.92 Å². The SMILES string of the molecule is CCOc1cc(/C=c2\sc3n(c2=O)[C@@H](c2ccccc2)C(C(=O)Nc2ccccc2)=C(C)N=3)ccc1OCC(C)C. The number of rotatable bonds is 9. The van der Waals surface area contributed by atoms with E-state index in [-0.39, 0.29) is 11.5 Å². The van der Waals surface area contributed by atoms with Gasteiger partial charge in [-0.1, -0.05) is 79.8 Å². The lowest BCUT2D eigenvalue weighted by atomic mass is 9.95. The molecule has 41 heavy (non-hydrogen) atoms. The molecular weight excluding hydrogens is 534 g/mol. The molecule has 4 aromatic rings. The number of carbonyl (C=O) groups is 1. The summed E-state index contributed by atoms with van der Waals surface area (Å²) in [7, 11) is 0. The minimum atomic E-state index is -0.621. The van der Waals surface area contributed by atoms with Crippen molar-refractivity contribution in [3.63, 3.8) is 0 Å². The first-order valence-electron chi connectivity index (χ1n) is 13.7. The number of benzene rings is 3. The van der Waals surface area contributed by atoms with Crippen molar-refractivity contribution in [2.24, 2.45) is 10.9 Å². The maximum Gasteiger partial charge on any atom is 0.271 e. The summed E-state index contributed by atoms with van der Waals surface area (Å²) in [5.41, 5.74) is 3.11. The average molecular weight is 568 g/mol. The van der Waals surface area contributed by atoms with Gasteiger partial charge in [0.1, 0.15) is 0 Å². The number of fused-ring (bicyclic) bond motifs is 1. The quantitative estimate of drug-likeness (QED) is 0.297. The van der Waals surface area contributed by atoms with Gasteiger partial charge in [0.25, 0.3) is 11.5 Å². The topological polar surface area (TPSA) is 81.9 Å². The zero-order chi connectivity index (χ0) is 28.9. The van der Waals surface area contributed by atoms with E-state index in [0.29, 0.717) is 56.9 Å². The fourth-order valence-corrected chi connectivity index (χ4v) is 5.74. The molecule has 1 aliphatic heterocycles. The molecule has 0 spiro atoms. The first kappa shape index (κ1) is 28.1. The van der Waals surface area contributed by atoms with Gasteiger partial charge in [0.05, 0.1) is 35.1 Å². The molecule has 0 fully saturated rings. The number of thiazole rings is 1. The number of amides is 1. The van der Waals surface area contributed by atoms with E-state index in [9.17, 15) is 9.59 Å². The molecule has 210 valence electrons. The van der Waals surface area contributed by atoms with Crippen molar-refractivity contribution in [1.29, 1.82) is 0 Å². The number of nitrogens with one attached hydrogen (secondary N) is 1. The highest BCUT2D eigenvalue weighted by Crippen LogP contribution is 2.31. The highest BCUT2D eigenvalue weighted by atomic mass is 32.1. The monoisotopic (exact) mass is 567 g/mol. The van der Waals surface area contributed by atoms with Crippen LogP contribution in [0.5, 0.6) is 11.5 Å². The van der Waals surface area contributed by atoms with Crippen LogP contribution in [0.2, 0.25) is 0 Å². The van der Waals surface area contributed by atoms with Crippen molar-refractivity contribution in [2.45, 2.75) is 33.7 Å². The van der Waals surface area contributed by atoms with Crippen LogP contribution in [-0.4, -0.2) is 23.7 Å². The summed E-state index contributed by atoms with van der Waals surface area (Å²) in [4.78, 5) is 32.9. The fraction of sp³-hybridized carbons (Fsp3) is 0.242. The molecule has 0 saturated carbocycles. The third-order valence-electron chi connectivity index (χ3n) is 6.55. The van der Waals surface area contributed by atoms with Gasteiger partial charge in [-0.2, -0.15) is 0 Å². The average Bonchev–Trinajstić information content (AvgIpc) is 3.26. The summed E-state index contributed by atoms with van der Waals surface area (Å²) in [5.74, 6) is 1.39. The maximum atomic E-state index is 14.0. The number of allylic oxidation sites excluding steroid dienone is 1. The third-order valence-corrected chi connectivity index (χ3v) is 7.53. The largest absolute Gasteiger partial charge is 0.490 e. The zero-order valence-corrected chi connectivity index (χ0v) is 24.4. The van der Waals surface area contributed by atoms with E-state index in [2.05, 4.69) is 19.2 Å². The van der Waals surface area contributed by atoms with Gasteiger partial charge in [-0.3, -0.25) is 14.2 Å². The first-order valence-corrected chi connectivity index (χ1v) is 14.5. The van der Waals surface area contributed by atoms with Gasteiger partial charge in [0.15, 0.2) is 16.3 Å². The van der Waals surface area contributed by atoms with Crippen molar-refractivity contribution in [3.05, 3.63) is 121 Å². The van der Waals surface area contributed by atoms with Crippen molar-refractivity contribution >= 4 is 29.0 Å². The van der Waals surface area contributed by atoms with Gasteiger partial charge >= 0.3 is 0 Å². The molecule has 0 unspecified atom stereocenters. The molecule has 1 aliphatic rings. The summed E-state index contributed by atoms with van der Waals surface area (Å²) in [6, 6.07) is 23.9. The second-order valence-electron chi connectivity index (χ2n) is 10.2. The Kier molecular flexibility index (Phi) is 8.50. The Labute approximate surface area is 243 Å². The van der Waals surface area contributed by atoms with E-state index in [0.717, 1.165) is 11.1 Å². The Morgan fingerprint density at radius 3 is 2.41 bits per heavy atom. The van der Waals surface area contributed by atoms with Crippen molar-refractivity contribution in [1.82, 2.24) is 4.57 Å². The van der Waals surface area contributed by atoms with Gasteiger partial charge in [-0.25, -0.2) is 4.99 Å². The number of hydrogen-bond donors (Lipinski definition) is 1. The molecule has 5 rings (SSSR count). The number of nitrogens with zero attached hydrogens (tertiary/aromatic N) is 2. The van der Waals surface area contributed by atoms with Crippen LogP contribution < -0.4 is 29.7 Å². The maximum absolute atomic E-state index is 14.0.